The second-order valence-corrected chi connectivity index (χ2v) is 3.64. The zero-order chi connectivity index (χ0) is 13.7. The summed E-state index contributed by atoms with van der Waals surface area (Å²) in [6.07, 6.45) is 1.13. The van der Waals surface area contributed by atoms with Crippen molar-refractivity contribution in [2.45, 2.75) is 6.61 Å². The summed E-state index contributed by atoms with van der Waals surface area (Å²) in [6, 6.07) is 9.23. The number of nitrogens with one attached hydrogen (secondary N) is 2. The maximum atomic E-state index is 11.6. The van der Waals surface area contributed by atoms with Crippen LogP contribution >= 0.6 is 0 Å². The minimum absolute atomic E-state index is 0.180. The number of aromatic nitrogens is 2. The van der Waals surface area contributed by atoms with Gasteiger partial charge in [0.1, 0.15) is 0 Å². The fraction of sp³-hybridized carbons (Fsp3) is 0.0833. The van der Waals surface area contributed by atoms with E-state index in [1.807, 2.05) is 30.3 Å². The number of carbonyl (C=O) groups is 2. The number of benzene rings is 1. The average molecular weight is 261 g/mol. The first-order valence-corrected chi connectivity index (χ1v) is 5.41. The zero-order valence-electron chi connectivity index (χ0n) is 9.79. The molecule has 2 aromatic rings. The number of carboxylic acids is 1. The van der Waals surface area contributed by atoms with E-state index < -0.39 is 11.9 Å². The second kappa shape index (κ2) is 5.78. The Bertz CT molecular complexity index is 580. The predicted molar refractivity (Wildman–Crippen MR) is 64.2 cm³/mol. The Morgan fingerprint density at radius 1 is 1.32 bits per heavy atom. The van der Waals surface area contributed by atoms with E-state index in [-0.39, 0.29) is 18.0 Å². The molecule has 0 spiro atoms. The summed E-state index contributed by atoms with van der Waals surface area (Å²) in [4.78, 5) is 33.4. The van der Waals surface area contributed by atoms with Crippen LogP contribution in [-0.4, -0.2) is 27.0 Å². The second-order valence-electron chi connectivity index (χ2n) is 3.64. The van der Waals surface area contributed by atoms with Crippen LogP contribution in [-0.2, 0) is 11.4 Å². The van der Waals surface area contributed by atoms with Crippen LogP contribution in [0.1, 0.15) is 26.5 Å². The molecule has 0 aliphatic heterocycles. The molecule has 0 radical (unpaired) electrons. The maximum absolute atomic E-state index is 11.6. The van der Waals surface area contributed by atoms with Gasteiger partial charge in [-0.2, -0.15) is 0 Å². The quantitative estimate of drug-likeness (QED) is 0.695. The average Bonchev–Trinajstić information content (AvgIpc) is 2.89. The lowest BCUT2D eigenvalue weighted by atomic mass is 10.2. The molecule has 0 saturated heterocycles. The number of hydrogen-bond donors (Lipinski definition) is 3. The van der Waals surface area contributed by atoms with E-state index in [0.29, 0.717) is 0 Å². The van der Waals surface area contributed by atoms with Gasteiger partial charge in [-0.3, -0.25) is 9.63 Å². The Morgan fingerprint density at radius 3 is 2.74 bits per heavy atom. The summed E-state index contributed by atoms with van der Waals surface area (Å²) in [6.45, 7) is 0.180. The first-order chi connectivity index (χ1) is 9.18. The lowest BCUT2D eigenvalue weighted by Crippen LogP contribution is -2.25. The van der Waals surface area contributed by atoms with Gasteiger partial charge in [0.2, 0.25) is 0 Å². The third-order valence-electron chi connectivity index (χ3n) is 2.31. The lowest BCUT2D eigenvalue weighted by molar-refractivity contribution is 0.0227. The minimum atomic E-state index is -1.26. The monoisotopic (exact) mass is 261 g/mol. The van der Waals surface area contributed by atoms with Crippen LogP contribution in [0.25, 0.3) is 0 Å². The molecule has 0 fully saturated rings. The highest BCUT2D eigenvalue weighted by Crippen LogP contribution is 2.03. The van der Waals surface area contributed by atoms with Crippen molar-refractivity contribution >= 4 is 11.9 Å². The molecule has 2 rings (SSSR count). The highest BCUT2D eigenvalue weighted by Gasteiger charge is 2.19. The Morgan fingerprint density at radius 2 is 2.05 bits per heavy atom. The number of aromatic amines is 1. The van der Waals surface area contributed by atoms with Crippen molar-refractivity contribution < 1.29 is 19.5 Å². The van der Waals surface area contributed by atoms with E-state index in [0.717, 1.165) is 11.9 Å². The van der Waals surface area contributed by atoms with Crippen LogP contribution < -0.4 is 5.48 Å². The Hall–Kier alpha value is -2.67. The van der Waals surface area contributed by atoms with Gasteiger partial charge < -0.3 is 10.1 Å². The third kappa shape index (κ3) is 3.17. The Balaban J connectivity index is 1.91. The predicted octanol–water partition coefficient (Wildman–Crippen LogP) is 0.970. The van der Waals surface area contributed by atoms with E-state index in [9.17, 15) is 9.59 Å². The molecule has 0 aliphatic carbocycles. The number of amides is 1. The van der Waals surface area contributed by atoms with E-state index in [4.69, 9.17) is 9.94 Å². The number of aromatic carboxylic acids is 1. The number of carbonyl (C=O) groups excluding carboxylic acids is 1. The highest BCUT2D eigenvalue weighted by molar-refractivity contribution is 6.01. The molecule has 0 unspecified atom stereocenters. The molecule has 98 valence electrons. The minimum Gasteiger partial charge on any atom is -0.477 e. The van der Waals surface area contributed by atoms with Crippen molar-refractivity contribution in [3.63, 3.8) is 0 Å². The molecule has 0 aliphatic rings. The number of H-pyrrole nitrogens is 1. The summed E-state index contributed by atoms with van der Waals surface area (Å²) in [5.41, 5.74) is 2.52. The largest absolute Gasteiger partial charge is 0.477 e. The number of imidazole rings is 1. The number of rotatable bonds is 5. The van der Waals surface area contributed by atoms with E-state index in [1.165, 1.54) is 0 Å². The van der Waals surface area contributed by atoms with Gasteiger partial charge in [-0.25, -0.2) is 15.3 Å². The Kier molecular flexibility index (Phi) is 3.89. The molecule has 3 N–H and O–H groups in total. The summed E-state index contributed by atoms with van der Waals surface area (Å²) < 4.78 is 0. The summed E-state index contributed by atoms with van der Waals surface area (Å²) in [5.74, 6) is -1.97. The molecule has 7 heteroatoms. The number of carboxylic acid groups (broad SMARTS) is 1. The van der Waals surface area contributed by atoms with Crippen LogP contribution in [0.2, 0.25) is 0 Å². The molecule has 1 aromatic heterocycles. The fourth-order valence-corrected chi connectivity index (χ4v) is 1.44. The normalized spacial score (nSPS) is 10.1. The van der Waals surface area contributed by atoms with Crippen molar-refractivity contribution in [3.8, 4) is 0 Å². The summed E-state index contributed by atoms with van der Waals surface area (Å²) >= 11 is 0. The molecular formula is C12H11N3O4. The molecule has 7 nitrogen and oxygen atoms in total. The summed E-state index contributed by atoms with van der Waals surface area (Å²) in [5, 5.41) is 8.81. The van der Waals surface area contributed by atoms with Gasteiger partial charge in [0.15, 0.2) is 11.4 Å². The first kappa shape index (κ1) is 12.8. The highest BCUT2D eigenvalue weighted by atomic mass is 16.6. The van der Waals surface area contributed by atoms with Crippen molar-refractivity contribution in [1.82, 2.24) is 15.4 Å². The van der Waals surface area contributed by atoms with Gasteiger partial charge in [-0.15, -0.1) is 0 Å². The van der Waals surface area contributed by atoms with Crippen LogP contribution in [0.5, 0.6) is 0 Å². The van der Waals surface area contributed by atoms with Crippen molar-refractivity contribution in [2.24, 2.45) is 0 Å². The van der Waals surface area contributed by atoms with Crippen LogP contribution in [0.4, 0.5) is 0 Å². The van der Waals surface area contributed by atoms with E-state index in [1.54, 1.807) is 0 Å². The SMILES string of the molecule is O=C(NOCc1ccccc1)c1nc[nH]c1C(=O)O. The molecule has 0 atom stereocenters. The van der Waals surface area contributed by atoms with Gasteiger partial charge in [0, 0.05) is 0 Å². The lowest BCUT2D eigenvalue weighted by Gasteiger charge is -2.04. The number of hydroxylamine groups is 1. The molecule has 1 heterocycles. The van der Waals surface area contributed by atoms with E-state index >= 15 is 0 Å². The van der Waals surface area contributed by atoms with Gasteiger partial charge >= 0.3 is 5.97 Å². The van der Waals surface area contributed by atoms with Gasteiger partial charge in [0.05, 0.1) is 12.9 Å². The van der Waals surface area contributed by atoms with Gasteiger partial charge in [-0.1, -0.05) is 30.3 Å². The van der Waals surface area contributed by atoms with Crippen LogP contribution in [0.15, 0.2) is 36.7 Å². The van der Waals surface area contributed by atoms with E-state index in [2.05, 4.69) is 15.4 Å². The molecule has 0 bridgehead atoms. The molecular weight excluding hydrogens is 250 g/mol. The number of nitrogens with zero attached hydrogens (tertiary/aromatic N) is 1. The van der Waals surface area contributed by atoms with Gasteiger partial charge in [-0.05, 0) is 5.56 Å². The maximum Gasteiger partial charge on any atom is 0.354 e. The fourth-order valence-electron chi connectivity index (χ4n) is 1.44. The number of hydrogen-bond acceptors (Lipinski definition) is 4. The topological polar surface area (TPSA) is 104 Å². The van der Waals surface area contributed by atoms with Crippen molar-refractivity contribution in [2.75, 3.05) is 0 Å². The molecule has 1 aromatic carbocycles. The van der Waals surface area contributed by atoms with Gasteiger partial charge in [0.25, 0.3) is 5.91 Å². The van der Waals surface area contributed by atoms with Crippen LogP contribution in [0.3, 0.4) is 0 Å². The van der Waals surface area contributed by atoms with Crippen molar-refractivity contribution in [1.29, 1.82) is 0 Å². The molecule has 19 heavy (non-hydrogen) atoms. The van der Waals surface area contributed by atoms with Crippen LogP contribution in [0, 0.1) is 0 Å². The Labute approximate surface area is 108 Å². The molecule has 0 saturated carbocycles. The standard InChI is InChI=1S/C12H11N3O4/c16-11(9-10(12(17)18)14-7-13-9)15-19-6-8-4-2-1-3-5-8/h1-5,7H,6H2,(H,13,14)(H,15,16)(H,17,18). The summed E-state index contributed by atoms with van der Waals surface area (Å²) in [7, 11) is 0. The molecule has 1 amide bonds. The van der Waals surface area contributed by atoms with Crippen molar-refractivity contribution in [3.05, 3.63) is 53.6 Å². The smallest absolute Gasteiger partial charge is 0.354 e. The first-order valence-electron chi connectivity index (χ1n) is 5.41. The third-order valence-corrected chi connectivity index (χ3v) is 2.31. The zero-order valence-corrected chi connectivity index (χ0v) is 9.79.